The van der Waals surface area contributed by atoms with Gasteiger partial charge in [-0.15, -0.1) is 0 Å². The summed E-state index contributed by atoms with van der Waals surface area (Å²) < 4.78 is 45.8. The Hall–Kier alpha value is -2.50. The van der Waals surface area contributed by atoms with Gasteiger partial charge in [0, 0.05) is 12.7 Å². The number of hydrogen-bond donors (Lipinski definition) is 0. The number of hydrogen-bond acceptors (Lipinski definition) is 3. The molecule has 2 aromatic carbocycles. The quantitative estimate of drug-likeness (QED) is 0.586. The molecular formula is C22H22F3NO2. The Morgan fingerprint density at radius 1 is 1.00 bits per heavy atom. The second kappa shape index (κ2) is 6.83. The Kier molecular flexibility index (Phi) is 4.60. The average molecular weight is 389 g/mol. The maximum atomic E-state index is 13.7. The van der Waals surface area contributed by atoms with Crippen molar-refractivity contribution in [1.29, 1.82) is 0 Å². The summed E-state index contributed by atoms with van der Waals surface area (Å²) >= 11 is 0. The summed E-state index contributed by atoms with van der Waals surface area (Å²) in [5.41, 5.74) is 2.24. The number of carbonyl (C=O) groups excluding carboxylic acids is 1. The van der Waals surface area contributed by atoms with Gasteiger partial charge >= 0.3 is 12.1 Å². The number of anilines is 2. The van der Waals surface area contributed by atoms with E-state index in [-0.39, 0.29) is 11.3 Å². The molecule has 148 valence electrons. The van der Waals surface area contributed by atoms with E-state index in [0.29, 0.717) is 11.8 Å². The highest BCUT2D eigenvalue weighted by Gasteiger charge is 2.36. The van der Waals surface area contributed by atoms with Crippen LogP contribution in [0.2, 0.25) is 0 Å². The summed E-state index contributed by atoms with van der Waals surface area (Å²) in [6.45, 7) is 0. The van der Waals surface area contributed by atoms with Gasteiger partial charge in [-0.3, -0.25) is 0 Å². The summed E-state index contributed by atoms with van der Waals surface area (Å²) in [6.07, 6.45) is -0.0311. The minimum atomic E-state index is -4.58. The summed E-state index contributed by atoms with van der Waals surface area (Å²) in [6, 6.07) is 9.80. The zero-order valence-electron chi connectivity index (χ0n) is 15.8. The van der Waals surface area contributed by atoms with Crippen molar-refractivity contribution in [2.24, 2.45) is 0 Å². The minimum absolute atomic E-state index is 0.0230. The molecule has 0 spiro atoms. The molecule has 2 aliphatic rings. The van der Waals surface area contributed by atoms with Crippen LogP contribution in [-0.2, 0) is 10.9 Å². The van der Waals surface area contributed by atoms with Crippen molar-refractivity contribution >= 4 is 17.3 Å². The molecule has 0 N–H and O–H groups in total. The van der Waals surface area contributed by atoms with Gasteiger partial charge in [0.2, 0.25) is 0 Å². The van der Waals surface area contributed by atoms with Gasteiger partial charge in [0.1, 0.15) is 0 Å². The van der Waals surface area contributed by atoms with Crippen LogP contribution in [0.5, 0.6) is 0 Å². The largest absolute Gasteiger partial charge is 0.465 e. The van der Waals surface area contributed by atoms with E-state index in [1.165, 1.54) is 23.3 Å². The number of ether oxygens (including phenoxy) is 1. The van der Waals surface area contributed by atoms with Crippen molar-refractivity contribution in [3.8, 4) is 0 Å². The predicted octanol–water partition coefficient (Wildman–Crippen LogP) is 6.01. The Labute approximate surface area is 162 Å². The first-order valence-electron chi connectivity index (χ1n) is 9.46. The monoisotopic (exact) mass is 389 g/mol. The fraction of sp³-hybridized carbons (Fsp3) is 0.409. The standard InChI is InChI=1S/C22H22F3NO2/c1-26(18-10-16(13-3-4-13)9-17(11-18)14-5-6-14)20-8-7-15(21(27)28-2)12-19(20)22(23,24)25/h7-14H,3-6H2,1-2H3. The second-order valence-corrected chi connectivity index (χ2v) is 7.69. The first kappa shape index (κ1) is 18.8. The molecule has 0 aliphatic heterocycles. The Morgan fingerprint density at radius 3 is 2.04 bits per heavy atom. The zero-order valence-corrected chi connectivity index (χ0v) is 15.8. The molecule has 2 aromatic rings. The topological polar surface area (TPSA) is 29.5 Å². The van der Waals surface area contributed by atoms with Crippen molar-refractivity contribution in [2.75, 3.05) is 19.1 Å². The highest BCUT2D eigenvalue weighted by Crippen LogP contribution is 2.47. The van der Waals surface area contributed by atoms with E-state index >= 15 is 0 Å². The molecule has 3 nitrogen and oxygen atoms in total. The molecule has 0 amide bonds. The van der Waals surface area contributed by atoms with Gasteiger partial charge in [0.25, 0.3) is 0 Å². The van der Waals surface area contributed by atoms with Crippen molar-refractivity contribution in [3.63, 3.8) is 0 Å². The normalized spacial score (nSPS) is 16.8. The van der Waals surface area contributed by atoms with Crippen LogP contribution in [0.1, 0.15) is 64.6 Å². The third-order valence-corrected chi connectivity index (χ3v) is 5.53. The lowest BCUT2D eigenvalue weighted by Crippen LogP contribution is -2.18. The molecule has 0 saturated heterocycles. The smallest absolute Gasteiger partial charge is 0.418 e. The number of rotatable bonds is 5. The Bertz CT molecular complexity index is 884. The van der Waals surface area contributed by atoms with Gasteiger partial charge < -0.3 is 9.64 Å². The van der Waals surface area contributed by atoms with Crippen molar-refractivity contribution in [1.82, 2.24) is 0 Å². The van der Waals surface area contributed by atoms with E-state index < -0.39 is 17.7 Å². The van der Waals surface area contributed by atoms with E-state index in [0.717, 1.165) is 44.5 Å². The average Bonchev–Trinajstić information content (AvgIpc) is 3.57. The molecule has 6 heteroatoms. The molecule has 0 bridgehead atoms. The SMILES string of the molecule is COC(=O)c1ccc(N(C)c2cc(C3CC3)cc(C3CC3)c2)c(C(F)(F)F)c1. The molecular weight excluding hydrogens is 367 g/mol. The number of benzene rings is 2. The van der Waals surface area contributed by atoms with Crippen LogP contribution in [-0.4, -0.2) is 20.1 Å². The molecule has 28 heavy (non-hydrogen) atoms. The summed E-state index contributed by atoms with van der Waals surface area (Å²) in [7, 11) is 2.80. The highest BCUT2D eigenvalue weighted by molar-refractivity contribution is 5.90. The molecule has 0 atom stereocenters. The van der Waals surface area contributed by atoms with Crippen LogP contribution in [0.3, 0.4) is 0 Å². The number of esters is 1. The van der Waals surface area contributed by atoms with Crippen molar-refractivity contribution < 1.29 is 22.7 Å². The van der Waals surface area contributed by atoms with E-state index in [9.17, 15) is 18.0 Å². The van der Waals surface area contributed by atoms with Crippen LogP contribution < -0.4 is 4.90 Å². The minimum Gasteiger partial charge on any atom is -0.465 e. The van der Waals surface area contributed by atoms with Gasteiger partial charge in [0.15, 0.2) is 0 Å². The molecule has 0 unspecified atom stereocenters. The summed E-state index contributed by atoms with van der Waals surface area (Å²) in [5, 5.41) is 0. The Morgan fingerprint density at radius 2 is 1.57 bits per heavy atom. The lowest BCUT2D eigenvalue weighted by Gasteiger charge is -2.25. The van der Waals surface area contributed by atoms with E-state index in [2.05, 4.69) is 10.8 Å². The van der Waals surface area contributed by atoms with Crippen LogP contribution in [0.4, 0.5) is 24.5 Å². The molecule has 2 fully saturated rings. The van der Waals surface area contributed by atoms with Gasteiger partial charge in [-0.2, -0.15) is 13.2 Å². The number of carbonyl (C=O) groups is 1. The van der Waals surface area contributed by atoms with Crippen molar-refractivity contribution in [3.05, 3.63) is 58.7 Å². The predicted molar refractivity (Wildman–Crippen MR) is 101 cm³/mol. The molecule has 2 saturated carbocycles. The molecule has 0 heterocycles. The molecule has 4 rings (SSSR count). The number of alkyl halides is 3. The van der Waals surface area contributed by atoms with Gasteiger partial charge in [-0.05, 0) is 79.0 Å². The lowest BCUT2D eigenvalue weighted by molar-refractivity contribution is -0.137. The van der Waals surface area contributed by atoms with Gasteiger partial charge in [-0.25, -0.2) is 4.79 Å². The molecule has 2 aliphatic carbocycles. The van der Waals surface area contributed by atoms with E-state index in [1.807, 2.05) is 12.1 Å². The van der Waals surface area contributed by atoms with Crippen LogP contribution in [0, 0.1) is 0 Å². The highest BCUT2D eigenvalue weighted by atomic mass is 19.4. The summed E-state index contributed by atoms with van der Waals surface area (Å²) in [5.74, 6) is 0.260. The maximum absolute atomic E-state index is 13.7. The van der Waals surface area contributed by atoms with Crippen LogP contribution >= 0.6 is 0 Å². The van der Waals surface area contributed by atoms with E-state index in [1.54, 1.807) is 11.9 Å². The Balaban J connectivity index is 1.77. The first-order valence-corrected chi connectivity index (χ1v) is 9.46. The third-order valence-electron chi connectivity index (χ3n) is 5.53. The first-order chi connectivity index (χ1) is 13.3. The lowest BCUT2D eigenvalue weighted by atomic mass is 10.0. The molecule has 0 aromatic heterocycles. The maximum Gasteiger partial charge on any atom is 0.418 e. The fourth-order valence-corrected chi connectivity index (χ4v) is 3.60. The third kappa shape index (κ3) is 3.73. The van der Waals surface area contributed by atoms with Crippen molar-refractivity contribution in [2.45, 2.75) is 43.7 Å². The number of halogens is 3. The van der Waals surface area contributed by atoms with Crippen LogP contribution in [0.15, 0.2) is 36.4 Å². The fourth-order valence-electron chi connectivity index (χ4n) is 3.60. The van der Waals surface area contributed by atoms with Crippen LogP contribution in [0.25, 0.3) is 0 Å². The number of nitrogens with zero attached hydrogens (tertiary/aromatic N) is 1. The second-order valence-electron chi connectivity index (χ2n) is 7.69. The van der Waals surface area contributed by atoms with Gasteiger partial charge in [0.05, 0.1) is 23.9 Å². The molecule has 0 radical (unpaired) electrons. The summed E-state index contributed by atoms with van der Waals surface area (Å²) in [4.78, 5) is 13.3. The van der Waals surface area contributed by atoms with E-state index in [4.69, 9.17) is 0 Å². The zero-order chi connectivity index (χ0) is 20.1. The van der Waals surface area contributed by atoms with Gasteiger partial charge in [-0.1, -0.05) is 6.07 Å². The number of methoxy groups -OCH3 is 1.